The van der Waals surface area contributed by atoms with Crippen LogP contribution in [-0.2, 0) is 10.0 Å². The molecule has 0 saturated heterocycles. The van der Waals surface area contributed by atoms with E-state index in [1.54, 1.807) is 54.7 Å². The Kier molecular flexibility index (Phi) is 5.27. The fourth-order valence-electron chi connectivity index (χ4n) is 5.22. The van der Waals surface area contributed by atoms with Crippen LogP contribution in [0.2, 0.25) is 0 Å². The molecule has 8 nitrogen and oxygen atoms in total. The van der Waals surface area contributed by atoms with Crippen molar-refractivity contribution in [1.29, 1.82) is 5.26 Å². The van der Waals surface area contributed by atoms with Crippen LogP contribution in [-0.4, -0.2) is 32.0 Å². The maximum Gasteiger partial charge on any atom is 0.269 e. The van der Waals surface area contributed by atoms with Gasteiger partial charge in [0.15, 0.2) is 5.65 Å². The molecule has 9 heteroatoms. The number of aromatic nitrogens is 4. The molecule has 3 heterocycles. The zero-order chi connectivity index (χ0) is 24.9. The molecule has 180 valence electrons. The van der Waals surface area contributed by atoms with Gasteiger partial charge in [0.2, 0.25) is 0 Å². The molecule has 2 aromatic carbocycles. The summed E-state index contributed by atoms with van der Waals surface area (Å²) in [5.41, 5.74) is 2.32. The highest BCUT2D eigenvalue weighted by molar-refractivity contribution is 7.90. The maximum atomic E-state index is 13.4. The van der Waals surface area contributed by atoms with Gasteiger partial charge in [-0.2, -0.15) is 5.26 Å². The summed E-state index contributed by atoms with van der Waals surface area (Å²) in [6.45, 7) is 0. The fraction of sp³-hybridized carbons (Fsp3) is 0.222. The lowest BCUT2D eigenvalue weighted by molar-refractivity contribution is 0.320. The van der Waals surface area contributed by atoms with Gasteiger partial charge in [-0.05, 0) is 56.0 Å². The molecule has 0 radical (unpaired) electrons. The summed E-state index contributed by atoms with van der Waals surface area (Å²) < 4.78 is 30.1. The van der Waals surface area contributed by atoms with Gasteiger partial charge in [-0.1, -0.05) is 30.3 Å². The van der Waals surface area contributed by atoms with Crippen LogP contribution in [0.5, 0.6) is 5.75 Å². The molecule has 5 aromatic rings. The Morgan fingerprint density at radius 2 is 1.69 bits per heavy atom. The number of fused-ring (bicyclic) bond motifs is 3. The molecule has 1 saturated carbocycles. The van der Waals surface area contributed by atoms with E-state index in [-0.39, 0.29) is 22.6 Å². The van der Waals surface area contributed by atoms with Crippen LogP contribution in [0.1, 0.15) is 31.7 Å². The first kappa shape index (κ1) is 22.3. The summed E-state index contributed by atoms with van der Waals surface area (Å²) in [6.07, 6.45) is 6.25. The van der Waals surface area contributed by atoms with E-state index in [9.17, 15) is 18.8 Å². The smallest absolute Gasteiger partial charge is 0.269 e. The molecule has 0 spiro atoms. The summed E-state index contributed by atoms with van der Waals surface area (Å²) in [5, 5.41) is 20.7. The highest BCUT2D eigenvalue weighted by atomic mass is 32.2. The molecule has 0 aliphatic heterocycles. The lowest BCUT2D eigenvalue weighted by atomic mass is 9.86. The highest BCUT2D eigenvalue weighted by Gasteiger charge is 2.29. The highest BCUT2D eigenvalue weighted by Crippen LogP contribution is 2.41. The SMILES string of the molecule is N#CC1CCC(n2c(-c3ccccc3O)nc3cnc4c(ccn4S(=O)(=O)c4ccccc4)c32)CC1. The summed E-state index contributed by atoms with van der Waals surface area (Å²) in [4.78, 5) is 9.54. The number of imidazole rings is 1. The molecule has 0 amide bonds. The van der Waals surface area contributed by atoms with Crippen molar-refractivity contribution >= 4 is 32.1 Å². The number of rotatable bonds is 4. The summed E-state index contributed by atoms with van der Waals surface area (Å²) in [5.74, 6) is 0.757. The monoisotopic (exact) mass is 497 g/mol. The van der Waals surface area contributed by atoms with E-state index in [4.69, 9.17) is 4.98 Å². The first-order valence-electron chi connectivity index (χ1n) is 11.9. The molecule has 36 heavy (non-hydrogen) atoms. The van der Waals surface area contributed by atoms with Gasteiger partial charge >= 0.3 is 0 Å². The van der Waals surface area contributed by atoms with Crippen molar-refractivity contribution in [1.82, 2.24) is 18.5 Å². The first-order valence-corrected chi connectivity index (χ1v) is 13.3. The molecule has 1 fully saturated rings. The van der Waals surface area contributed by atoms with E-state index >= 15 is 0 Å². The van der Waals surface area contributed by atoms with Gasteiger partial charge in [-0.15, -0.1) is 0 Å². The average Bonchev–Trinajstić information content (AvgIpc) is 3.52. The fourth-order valence-corrected chi connectivity index (χ4v) is 6.54. The molecule has 3 aromatic heterocycles. The number of aromatic hydroxyl groups is 1. The van der Waals surface area contributed by atoms with Gasteiger partial charge in [0, 0.05) is 23.5 Å². The van der Waals surface area contributed by atoms with E-state index < -0.39 is 10.0 Å². The number of benzene rings is 2. The Bertz CT molecular complexity index is 1740. The van der Waals surface area contributed by atoms with Crippen LogP contribution < -0.4 is 0 Å². The number of phenolic OH excluding ortho intramolecular Hbond substituents is 1. The summed E-state index contributed by atoms with van der Waals surface area (Å²) in [7, 11) is -3.84. The maximum absolute atomic E-state index is 13.4. The predicted octanol–water partition coefficient (Wildman–Crippen LogP) is 5.25. The summed E-state index contributed by atoms with van der Waals surface area (Å²) in [6, 6.07) is 19.5. The van der Waals surface area contributed by atoms with Gasteiger partial charge in [0.05, 0.1) is 28.2 Å². The van der Waals surface area contributed by atoms with Gasteiger partial charge in [-0.25, -0.2) is 22.4 Å². The van der Waals surface area contributed by atoms with Crippen LogP contribution in [0, 0.1) is 17.2 Å². The average molecular weight is 498 g/mol. The zero-order valence-corrected chi connectivity index (χ0v) is 20.1. The van der Waals surface area contributed by atoms with E-state index in [0.29, 0.717) is 27.9 Å². The number of pyridine rings is 1. The van der Waals surface area contributed by atoms with Gasteiger partial charge in [0.1, 0.15) is 17.1 Å². The van der Waals surface area contributed by atoms with E-state index in [1.165, 1.54) is 10.2 Å². The zero-order valence-electron chi connectivity index (χ0n) is 19.3. The predicted molar refractivity (Wildman–Crippen MR) is 136 cm³/mol. The van der Waals surface area contributed by atoms with Crippen LogP contribution in [0.4, 0.5) is 0 Å². The number of para-hydroxylation sites is 1. The minimum absolute atomic E-state index is 0.0309. The normalized spacial score (nSPS) is 18.4. The number of hydrogen-bond donors (Lipinski definition) is 1. The molecule has 0 unspecified atom stereocenters. The van der Waals surface area contributed by atoms with Crippen LogP contribution in [0.15, 0.2) is 78.0 Å². The lowest BCUT2D eigenvalue weighted by Crippen LogP contribution is -2.18. The quantitative estimate of drug-likeness (QED) is 0.363. The standard InChI is InChI=1S/C27H23N5O3S/c28-16-18-10-12-19(13-11-18)32-25-22-14-15-31(36(34,35)20-6-2-1-3-7-20)26(22)29-17-23(25)30-27(32)21-8-4-5-9-24(21)33/h1-9,14-15,17-19,33H,10-13H2. The van der Waals surface area contributed by atoms with Crippen molar-refractivity contribution in [3.05, 3.63) is 73.1 Å². The molecule has 1 aliphatic rings. The van der Waals surface area contributed by atoms with E-state index in [0.717, 1.165) is 31.2 Å². The second kappa shape index (κ2) is 8.50. The lowest BCUT2D eigenvalue weighted by Gasteiger charge is -2.28. The molecule has 0 atom stereocenters. The largest absolute Gasteiger partial charge is 0.507 e. The van der Waals surface area contributed by atoms with Crippen molar-refractivity contribution in [3.8, 4) is 23.2 Å². The van der Waals surface area contributed by atoms with Crippen LogP contribution in [0.25, 0.3) is 33.5 Å². The number of phenols is 1. The third kappa shape index (κ3) is 3.45. The third-order valence-corrected chi connectivity index (χ3v) is 8.70. The van der Waals surface area contributed by atoms with Crippen molar-refractivity contribution < 1.29 is 13.5 Å². The Labute approximate surface area is 208 Å². The summed E-state index contributed by atoms with van der Waals surface area (Å²) >= 11 is 0. The van der Waals surface area contributed by atoms with Crippen LogP contribution >= 0.6 is 0 Å². The molecular weight excluding hydrogens is 474 g/mol. The Hall–Kier alpha value is -4.16. The molecule has 1 aliphatic carbocycles. The first-order chi connectivity index (χ1) is 17.5. The Morgan fingerprint density at radius 3 is 2.42 bits per heavy atom. The molecule has 6 rings (SSSR count). The topological polar surface area (TPSA) is 114 Å². The second-order valence-corrected chi connectivity index (χ2v) is 10.9. The van der Waals surface area contributed by atoms with Gasteiger partial charge in [-0.3, -0.25) is 0 Å². The Morgan fingerprint density at radius 1 is 0.972 bits per heavy atom. The minimum Gasteiger partial charge on any atom is -0.507 e. The molecule has 0 bridgehead atoms. The number of hydrogen-bond acceptors (Lipinski definition) is 6. The second-order valence-electron chi connectivity index (χ2n) is 9.12. The number of nitrogens with zero attached hydrogens (tertiary/aromatic N) is 5. The van der Waals surface area contributed by atoms with Gasteiger partial charge < -0.3 is 9.67 Å². The van der Waals surface area contributed by atoms with Gasteiger partial charge in [0.25, 0.3) is 10.0 Å². The van der Waals surface area contributed by atoms with Crippen molar-refractivity contribution in [2.24, 2.45) is 5.92 Å². The third-order valence-electron chi connectivity index (χ3n) is 7.02. The molecular formula is C27H23N5O3S. The van der Waals surface area contributed by atoms with Crippen molar-refractivity contribution in [2.75, 3.05) is 0 Å². The van der Waals surface area contributed by atoms with Crippen molar-refractivity contribution in [3.63, 3.8) is 0 Å². The van der Waals surface area contributed by atoms with E-state index in [1.807, 2.05) is 12.1 Å². The minimum atomic E-state index is -3.84. The van der Waals surface area contributed by atoms with E-state index in [2.05, 4.69) is 15.6 Å². The van der Waals surface area contributed by atoms with Crippen LogP contribution in [0.3, 0.4) is 0 Å². The Balaban J connectivity index is 1.60. The van der Waals surface area contributed by atoms with Crippen molar-refractivity contribution in [2.45, 2.75) is 36.6 Å². The number of nitriles is 1. The molecule has 1 N–H and O–H groups in total.